The monoisotopic (exact) mass is 621 g/mol. The fourth-order valence-electron chi connectivity index (χ4n) is 4.54. The summed E-state index contributed by atoms with van der Waals surface area (Å²) in [5, 5.41) is 5.39. The Morgan fingerprint density at radius 3 is 1.80 bits per heavy atom. The summed E-state index contributed by atoms with van der Waals surface area (Å²) in [6.07, 6.45) is 0.239. The van der Waals surface area contributed by atoms with Crippen LogP contribution < -0.4 is 16.4 Å². The second-order valence-electron chi connectivity index (χ2n) is 11.0. The minimum absolute atomic E-state index is 0.0365. The fraction of sp³-hybridized carbons (Fsp3) is 0.441. The lowest BCUT2D eigenvalue weighted by Gasteiger charge is -2.22. The Bertz CT molecular complexity index is 1350. The molecule has 0 aliphatic carbocycles. The van der Waals surface area contributed by atoms with Gasteiger partial charge in [0.15, 0.2) is 17.3 Å². The number of nitrogens with one attached hydrogen (secondary N) is 2. The molecule has 0 spiro atoms. The largest absolute Gasteiger partial charge is 0.379 e. The Morgan fingerprint density at radius 1 is 0.733 bits per heavy atom. The molecule has 0 saturated carbocycles. The Hall–Kier alpha value is -4.35. The van der Waals surface area contributed by atoms with E-state index < -0.39 is 17.9 Å². The molecule has 2 unspecified atom stereocenters. The molecule has 45 heavy (non-hydrogen) atoms. The van der Waals surface area contributed by atoms with E-state index in [2.05, 4.69) is 10.6 Å². The molecular weight excluding hydrogens is 578 g/mol. The van der Waals surface area contributed by atoms with E-state index in [1.807, 2.05) is 0 Å². The SMILES string of the molecule is CC(=O)CCC(=O)C(Cc1ccc(C(C)=O)cc1)NC(=O)C(CC(=O)CCOCCNC(=O)CN)Cc1ccc(C(C)=O)cc1. The van der Waals surface area contributed by atoms with E-state index in [-0.39, 0.29) is 99.7 Å². The van der Waals surface area contributed by atoms with Crippen molar-refractivity contribution in [2.24, 2.45) is 11.7 Å². The molecule has 0 bridgehead atoms. The molecular formula is C34H43N3O8. The molecule has 4 N–H and O–H groups in total. The van der Waals surface area contributed by atoms with Gasteiger partial charge in [0, 0.05) is 49.3 Å². The number of carbonyl (C=O) groups is 7. The van der Waals surface area contributed by atoms with E-state index in [1.54, 1.807) is 48.5 Å². The van der Waals surface area contributed by atoms with Crippen LogP contribution in [0.1, 0.15) is 78.3 Å². The van der Waals surface area contributed by atoms with Crippen LogP contribution in [0.3, 0.4) is 0 Å². The van der Waals surface area contributed by atoms with Crippen molar-refractivity contribution in [1.82, 2.24) is 10.6 Å². The van der Waals surface area contributed by atoms with Crippen LogP contribution in [0.15, 0.2) is 48.5 Å². The molecule has 0 heterocycles. The first kappa shape index (κ1) is 36.8. The van der Waals surface area contributed by atoms with Gasteiger partial charge in [0.25, 0.3) is 0 Å². The Kier molecular flexibility index (Phi) is 15.7. The van der Waals surface area contributed by atoms with Crippen molar-refractivity contribution in [2.45, 2.75) is 65.3 Å². The molecule has 0 radical (unpaired) electrons. The van der Waals surface area contributed by atoms with Crippen LogP contribution in [0, 0.1) is 5.92 Å². The van der Waals surface area contributed by atoms with Gasteiger partial charge in [-0.2, -0.15) is 0 Å². The summed E-state index contributed by atoms with van der Waals surface area (Å²) in [5.41, 5.74) is 7.72. The zero-order valence-electron chi connectivity index (χ0n) is 26.2. The number of Topliss-reactive ketones (excluding diaryl/α,β-unsaturated/α-hetero) is 5. The summed E-state index contributed by atoms with van der Waals surface area (Å²) >= 11 is 0. The maximum atomic E-state index is 13.7. The summed E-state index contributed by atoms with van der Waals surface area (Å²) < 4.78 is 5.42. The highest BCUT2D eigenvalue weighted by molar-refractivity contribution is 5.95. The van der Waals surface area contributed by atoms with E-state index in [9.17, 15) is 33.6 Å². The van der Waals surface area contributed by atoms with Crippen LogP contribution in [0.5, 0.6) is 0 Å². The Labute approximate surface area is 263 Å². The van der Waals surface area contributed by atoms with Crippen molar-refractivity contribution >= 4 is 40.7 Å². The van der Waals surface area contributed by atoms with E-state index >= 15 is 0 Å². The second kappa shape index (κ2) is 19.1. The summed E-state index contributed by atoms with van der Waals surface area (Å²) in [6.45, 7) is 4.71. The third kappa shape index (κ3) is 13.9. The van der Waals surface area contributed by atoms with Gasteiger partial charge in [-0.25, -0.2) is 0 Å². The first-order valence-electron chi connectivity index (χ1n) is 15.0. The quantitative estimate of drug-likeness (QED) is 0.139. The van der Waals surface area contributed by atoms with Crippen molar-refractivity contribution in [3.8, 4) is 0 Å². The highest BCUT2D eigenvalue weighted by Crippen LogP contribution is 2.18. The highest BCUT2D eigenvalue weighted by Gasteiger charge is 2.28. The number of hydrogen-bond donors (Lipinski definition) is 3. The van der Waals surface area contributed by atoms with Crippen LogP contribution in [0.25, 0.3) is 0 Å². The van der Waals surface area contributed by atoms with Gasteiger partial charge in [0.05, 0.1) is 25.8 Å². The van der Waals surface area contributed by atoms with Gasteiger partial charge in [0.1, 0.15) is 11.6 Å². The Balaban J connectivity index is 2.19. The molecule has 0 aliphatic heterocycles. The number of ketones is 5. The first-order valence-corrected chi connectivity index (χ1v) is 15.0. The lowest BCUT2D eigenvalue weighted by atomic mass is 9.90. The number of nitrogens with two attached hydrogens (primary N) is 1. The van der Waals surface area contributed by atoms with Crippen molar-refractivity contribution < 1.29 is 38.3 Å². The van der Waals surface area contributed by atoms with E-state index in [0.29, 0.717) is 16.7 Å². The lowest BCUT2D eigenvalue weighted by molar-refractivity contribution is -0.133. The van der Waals surface area contributed by atoms with Crippen molar-refractivity contribution in [1.29, 1.82) is 0 Å². The average Bonchev–Trinajstić information content (AvgIpc) is 3.01. The van der Waals surface area contributed by atoms with Gasteiger partial charge < -0.3 is 25.9 Å². The third-order valence-electron chi connectivity index (χ3n) is 7.20. The molecule has 0 fully saturated rings. The minimum Gasteiger partial charge on any atom is -0.379 e. The molecule has 0 aromatic heterocycles. The van der Waals surface area contributed by atoms with E-state index in [0.717, 1.165) is 5.56 Å². The molecule has 2 aromatic carbocycles. The highest BCUT2D eigenvalue weighted by atomic mass is 16.5. The first-order chi connectivity index (χ1) is 21.4. The van der Waals surface area contributed by atoms with Gasteiger partial charge in [-0.3, -0.25) is 28.8 Å². The topological polar surface area (TPSA) is 179 Å². The maximum absolute atomic E-state index is 13.7. The van der Waals surface area contributed by atoms with Gasteiger partial charge in [-0.05, 0) is 44.7 Å². The molecule has 2 aromatic rings. The van der Waals surface area contributed by atoms with Crippen molar-refractivity contribution in [3.05, 3.63) is 70.8 Å². The van der Waals surface area contributed by atoms with Crippen LogP contribution in [-0.4, -0.2) is 73.1 Å². The van der Waals surface area contributed by atoms with E-state index in [4.69, 9.17) is 10.5 Å². The molecule has 2 rings (SSSR count). The molecule has 11 heteroatoms. The fourth-order valence-corrected chi connectivity index (χ4v) is 4.54. The number of benzene rings is 2. The van der Waals surface area contributed by atoms with Gasteiger partial charge >= 0.3 is 0 Å². The van der Waals surface area contributed by atoms with Crippen molar-refractivity contribution in [3.63, 3.8) is 0 Å². The Morgan fingerprint density at radius 2 is 1.29 bits per heavy atom. The predicted octanol–water partition coefficient (Wildman–Crippen LogP) is 2.36. The molecule has 11 nitrogen and oxygen atoms in total. The average molecular weight is 622 g/mol. The summed E-state index contributed by atoms with van der Waals surface area (Å²) in [7, 11) is 0. The molecule has 242 valence electrons. The molecule has 2 amide bonds. The number of hydrogen-bond acceptors (Lipinski definition) is 9. The van der Waals surface area contributed by atoms with Crippen LogP contribution in [0.2, 0.25) is 0 Å². The number of rotatable bonds is 21. The summed E-state index contributed by atoms with van der Waals surface area (Å²) in [6, 6.07) is 12.5. The number of carbonyl (C=O) groups excluding carboxylic acids is 7. The summed E-state index contributed by atoms with van der Waals surface area (Å²) in [4.78, 5) is 86.0. The molecule has 0 saturated heterocycles. The number of amides is 2. The van der Waals surface area contributed by atoms with Gasteiger partial charge in [0.2, 0.25) is 11.8 Å². The third-order valence-corrected chi connectivity index (χ3v) is 7.20. The minimum atomic E-state index is -0.954. The summed E-state index contributed by atoms with van der Waals surface area (Å²) in [5.74, 6) is -2.53. The van der Waals surface area contributed by atoms with Gasteiger partial charge in [-0.15, -0.1) is 0 Å². The smallest absolute Gasteiger partial charge is 0.233 e. The number of ether oxygens (including phenoxy) is 1. The van der Waals surface area contributed by atoms with Gasteiger partial charge in [-0.1, -0.05) is 48.5 Å². The zero-order chi connectivity index (χ0) is 33.4. The molecule has 0 aliphatic rings. The normalized spacial score (nSPS) is 12.1. The van der Waals surface area contributed by atoms with Crippen LogP contribution in [0.4, 0.5) is 0 Å². The molecule has 2 atom stereocenters. The van der Waals surface area contributed by atoms with Crippen molar-refractivity contribution in [2.75, 3.05) is 26.3 Å². The van der Waals surface area contributed by atoms with E-state index in [1.165, 1.54) is 20.8 Å². The maximum Gasteiger partial charge on any atom is 0.233 e. The van der Waals surface area contributed by atoms with Crippen LogP contribution >= 0.6 is 0 Å². The standard InChI is InChI=1S/C34H43N3O8/c1-22(38)4-13-32(42)31(19-26-7-11-28(12-8-26)24(3)40)37-34(44)29(18-25-5-9-27(10-6-25)23(2)39)20-30(41)14-16-45-17-15-36-33(43)21-35/h5-12,29,31H,4,13-21,35H2,1-3H3,(H,36,43)(H,37,44). The lowest BCUT2D eigenvalue weighted by Crippen LogP contribution is -2.46. The predicted molar refractivity (Wildman–Crippen MR) is 168 cm³/mol. The zero-order valence-corrected chi connectivity index (χ0v) is 26.2. The van der Waals surface area contributed by atoms with Crippen LogP contribution in [-0.2, 0) is 41.6 Å². The second-order valence-corrected chi connectivity index (χ2v) is 11.0.